The van der Waals surface area contributed by atoms with E-state index in [0.717, 1.165) is 5.57 Å². The predicted molar refractivity (Wildman–Crippen MR) is 85.6 cm³/mol. The Morgan fingerprint density at radius 1 is 1.00 bits per heavy atom. The van der Waals surface area contributed by atoms with Crippen molar-refractivity contribution in [3.8, 4) is 0 Å². The first-order valence-electron chi connectivity index (χ1n) is 7.04. The monoisotopic (exact) mass is 259 g/mol. The largest absolute Gasteiger partial charge is 0.302 e. The molecule has 1 atom stereocenters. The first-order chi connectivity index (χ1) is 8.50. The summed E-state index contributed by atoms with van der Waals surface area (Å²) >= 11 is 0. The zero-order valence-electron chi connectivity index (χ0n) is 13.6. The number of hydrogen-bond acceptors (Lipinski definition) is 1. The van der Waals surface area contributed by atoms with Crippen LogP contribution in [0.25, 0.3) is 0 Å². The highest BCUT2D eigenvalue weighted by atomic mass is 15.0. The van der Waals surface area contributed by atoms with E-state index in [0.29, 0.717) is 0 Å². The van der Waals surface area contributed by atoms with E-state index in [9.17, 15) is 0 Å². The Morgan fingerprint density at radius 3 is 1.79 bits per heavy atom. The third-order valence-corrected chi connectivity index (χ3v) is 3.18. The summed E-state index contributed by atoms with van der Waals surface area (Å²) in [5, 5.41) is 3.63. The first kappa shape index (κ1) is 16.0. The van der Waals surface area contributed by atoms with Crippen LogP contribution in [0.15, 0.2) is 36.4 Å². The summed E-state index contributed by atoms with van der Waals surface area (Å²) in [6, 6.07) is 9.12. The zero-order valence-corrected chi connectivity index (χ0v) is 13.6. The van der Waals surface area contributed by atoms with Crippen molar-refractivity contribution in [2.75, 3.05) is 0 Å². The van der Waals surface area contributed by atoms with Gasteiger partial charge < -0.3 is 5.32 Å². The molecule has 0 aliphatic carbocycles. The average Bonchev–Trinajstić information content (AvgIpc) is 2.23. The molecular formula is C18H29N. The Kier molecular flexibility index (Phi) is 4.63. The molecule has 19 heavy (non-hydrogen) atoms. The van der Waals surface area contributed by atoms with Crippen molar-refractivity contribution in [3.63, 3.8) is 0 Å². The van der Waals surface area contributed by atoms with Gasteiger partial charge in [-0.05, 0) is 44.2 Å². The van der Waals surface area contributed by atoms with Gasteiger partial charge in [-0.25, -0.2) is 0 Å². The minimum Gasteiger partial charge on any atom is -0.302 e. The molecule has 106 valence electrons. The molecule has 1 nitrogen and oxygen atoms in total. The molecule has 0 amide bonds. The lowest BCUT2D eigenvalue weighted by atomic mass is 9.85. The number of benzene rings is 1. The van der Waals surface area contributed by atoms with Gasteiger partial charge in [-0.2, -0.15) is 0 Å². The molecule has 0 radical (unpaired) electrons. The van der Waals surface area contributed by atoms with E-state index in [-0.39, 0.29) is 17.0 Å². The molecule has 0 unspecified atom stereocenters. The average molecular weight is 259 g/mol. The Labute approximate surface area is 119 Å². The second kappa shape index (κ2) is 5.50. The van der Waals surface area contributed by atoms with Crippen LogP contribution in [0.3, 0.4) is 0 Å². The minimum atomic E-state index is 0.0757. The minimum absolute atomic E-state index is 0.0757. The number of rotatable bonds is 3. The molecule has 0 heterocycles. The van der Waals surface area contributed by atoms with E-state index in [1.54, 1.807) is 0 Å². The van der Waals surface area contributed by atoms with Crippen molar-refractivity contribution in [3.05, 3.63) is 47.5 Å². The van der Waals surface area contributed by atoms with Crippen LogP contribution in [0.1, 0.15) is 65.6 Å². The fraction of sp³-hybridized carbons (Fsp3) is 0.556. The SMILES string of the molecule is C=C(C)[C@H](NC(C)(C)C)c1ccc(C(C)(C)C)cc1. The van der Waals surface area contributed by atoms with Crippen LogP contribution in [0.5, 0.6) is 0 Å². The summed E-state index contributed by atoms with van der Waals surface area (Å²) < 4.78 is 0. The Hall–Kier alpha value is -1.08. The lowest BCUT2D eigenvalue weighted by molar-refractivity contribution is 0.388. The lowest BCUT2D eigenvalue weighted by Gasteiger charge is -2.30. The maximum absolute atomic E-state index is 4.12. The molecule has 1 heteroatoms. The first-order valence-corrected chi connectivity index (χ1v) is 7.04. The molecule has 0 aliphatic heterocycles. The van der Waals surface area contributed by atoms with Crippen molar-refractivity contribution in [2.24, 2.45) is 0 Å². The standard InChI is InChI=1S/C18H29N/c1-13(2)16(19-18(6,7)8)14-9-11-15(12-10-14)17(3,4)5/h9-12,16,19H,1H2,2-8H3/t16-/m0/s1. The van der Waals surface area contributed by atoms with Gasteiger partial charge >= 0.3 is 0 Å². The third-order valence-electron chi connectivity index (χ3n) is 3.18. The molecule has 1 N–H and O–H groups in total. The highest BCUT2D eigenvalue weighted by Gasteiger charge is 2.20. The number of hydrogen-bond donors (Lipinski definition) is 1. The molecule has 1 aromatic rings. The van der Waals surface area contributed by atoms with Crippen LogP contribution in [0, 0.1) is 0 Å². The van der Waals surface area contributed by atoms with Gasteiger partial charge in [0.1, 0.15) is 0 Å². The van der Waals surface area contributed by atoms with Gasteiger partial charge in [0.15, 0.2) is 0 Å². The Bertz CT molecular complexity index is 426. The molecule has 0 fully saturated rings. The topological polar surface area (TPSA) is 12.0 Å². The highest BCUT2D eigenvalue weighted by molar-refractivity contribution is 5.32. The molecular weight excluding hydrogens is 230 g/mol. The normalized spacial score (nSPS) is 14.3. The Morgan fingerprint density at radius 2 is 1.47 bits per heavy atom. The van der Waals surface area contributed by atoms with Crippen molar-refractivity contribution < 1.29 is 0 Å². The molecule has 0 aromatic heterocycles. The fourth-order valence-corrected chi connectivity index (χ4v) is 2.10. The molecule has 0 bridgehead atoms. The van der Waals surface area contributed by atoms with E-state index < -0.39 is 0 Å². The van der Waals surface area contributed by atoms with Gasteiger partial charge in [-0.3, -0.25) is 0 Å². The van der Waals surface area contributed by atoms with E-state index in [2.05, 4.69) is 84.6 Å². The van der Waals surface area contributed by atoms with Crippen molar-refractivity contribution in [1.82, 2.24) is 5.32 Å². The molecule has 0 aliphatic rings. The van der Waals surface area contributed by atoms with E-state index in [1.165, 1.54) is 11.1 Å². The quantitative estimate of drug-likeness (QED) is 0.754. The van der Waals surface area contributed by atoms with Gasteiger partial charge in [0.2, 0.25) is 0 Å². The zero-order chi connectivity index (χ0) is 14.8. The maximum atomic E-state index is 4.12. The van der Waals surface area contributed by atoms with Crippen LogP contribution in [0.4, 0.5) is 0 Å². The summed E-state index contributed by atoms with van der Waals surface area (Å²) in [7, 11) is 0. The molecule has 0 saturated heterocycles. The third kappa shape index (κ3) is 4.83. The van der Waals surface area contributed by atoms with Crippen molar-refractivity contribution in [2.45, 2.75) is 65.5 Å². The van der Waals surface area contributed by atoms with Crippen LogP contribution in [-0.2, 0) is 5.41 Å². The maximum Gasteiger partial charge on any atom is 0.0534 e. The molecule has 0 saturated carbocycles. The summed E-state index contributed by atoms with van der Waals surface area (Å²) in [6.45, 7) is 19.5. The summed E-state index contributed by atoms with van der Waals surface area (Å²) in [6.07, 6.45) is 0. The van der Waals surface area contributed by atoms with Gasteiger partial charge in [0.25, 0.3) is 0 Å². The van der Waals surface area contributed by atoms with Gasteiger partial charge in [-0.1, -0.05) is 57.2 Å². The lowest BCUT2D eigenvalue weighted by Crippen LogP contribution is -2.39. The molecule has 0 spiro atoms. The van der Waals surface area contributed by atoms with E-state index >= 15 is 0 Å². The van der Waals surface area contributed by atoms with Crippen molar-refractivity contribution in [1.29, 1.82) is 0 Å². The summed E-state index contributed by atoms with van der Waals surface area (Å²) in [4.78, 5) is 0. The second-order valence-electron chi connectivity index (χ2n) is 7.55. The van der Waals surface area contributed by atoms with Crippen molar-refractivity contribution >= 4 is 0 Å². The van der Waals surface area contributed by atoms with E-state index in [1.807, 2.05) is 0 Å². The second-order valence-corrected chi connectivity index (χ2v) is 7.55. The van der Waals surface area contributed by atoms with Gasteiger partial charge in [0.05, 0.1) is 6.04 Å². The predicted octanol–water partition coefficient (Wildman–Crippen LogP) is 4.99. The van der Waals surface area contributed by atoms with Gasteiger partial charge in [-0.15, -0.1) is 0 Å². The number of nitrogens with one attached hydrogen (secondary N) is 1. The van der Waals surface area contributed by atoms with Crippen LogP contribution >= 0.6 is 0 Å². The van der Waals surface area contributed by atoms with E-state index in [4.69, 9.17) is 0 Å². The molecule has 1 rings (SSSR count). The summed E-state index contributed by atoms with van der Waals surface area (Å²) in [5.74, 6) is 0. The van der Waals surface area contributed by atoms with Gasteiger partial charge in [0, 0.05) is 5.54 Å². The summed E-state index contributed by atoms with van der Waals surface area (Å²) in [5.41, 5.74) is 4.09. The Balaban J connectivity index is 3.02. The fourth-order valence-electron chi connectivity index (χ4n) is 2.10. The van der Waals surface area contributed by atoms with Crippen LogP contribution < -0.4 is 5.32 Å². The smallest absolute Gasteiger partial charge is 0.0534 e. The van der Waals surface area contributed by atoms with Crippen LogP contribution in [-0.4, -0.2) is 5.54 Å². The highest BCUT2D eigenvalue weighted by Crippen LogP contribution is 2.27. The van der Waals surface area contributed by atoms with Crippen LogP contribution in [0.2, 0.25) is 0 Å². The molecule has 1 aromatic carbocycles.